The molecule has 6 nitrogen and oxygen atoms in total. The lowest BCUT2D eigenvalue weighted by Crippen LogP contribution is -2.52. The fourth-order valence-electron chi connectivity index (χ4n) is 2.08. The van der Waals surface area contributed by atoms with Crippen LogP contribution in [0.3, 0.4) is 0 Å². The molecule has 0 bridgehead atoms. The van der Waals surface area contributed by atoms with Gasteiger partial charge in [0, 0.05) is 19.1 Å². The number of hydrogen-bond acceptors (Lipinski definition) is 5. The molecular weight excluding hydrogens is 286 g/mol. The smallest absolute Gasteiger partial charge is 0.273 e. The summed E-state index contributed by atoms with van der Waals surface area (Å²) in [5.74, 6) is 0.781. The molecule has 3 unspecified atom stereocenters. The van der Waals surface area contributed by atoms with Crippen LogP contribution in [0.15, 0.2) is 18.2 Å². The van der Waals surface area contributed by atoms with Gasteiger partial charge in [-0.05, 0) is 13.0 Å². The molecule has 0 aliphatic heterocycles. The van der Waals surface area contributed by atoms with Crippen molar-refractivity contribution in [3.63, 3.8) is 0 Å². The number of nitro benzene ring substituents is 1. The van der Waals surface area contributed by atoms with Gasteiger partial charge in [0.15, 0.2) is 11.5 Å². The van der Waals surface area contributed by atoms with Gasteiger partial charge >= 0.3 is 0 Å². The van der Waals surface area contributed by atoms with Gasteiger partial charge in [0.25, 0.3) is 5.69 Å². The van der Waals surface area contributed by atoms with Crippen molar-refractivity contribution in [1.29, 1.82) is 0 Å². The summed E-state index contributed by atoms with van der Waals surface area (Å²) in [7, 11) is 1.49. The predicted molar refractivity (Wildman–Crippen MR) is 73.7 cm³/mol. The van der Waals surface area contributed by atoms with E-state index >= 15 is 0 Å². The lowest BCUT2D eigenvalue weighted by Gasteiger charge is -2.40. The predicted octanol–water partition coefficient (Wildman–Crippen LogP) is 2.77. The molecular formula is C13H16ClNO5. The van der Waals surface area contributed by atoms with Gasteiger partial charge in [-0.1, -0.05) is 0 Å². The second kappa shape index (κ2) is 6.28. The Bertz CT molecular complexity index is 496. The molecule has 1 aliphatic carbocycles. The molecule has 0 aromatic heterocycles. The standard InChI is InChI=1S/C13H16ClNO5/c1-3-19-13-9(14)7-12(13)20-11-6-8(15(16)17)4-5-10(11)18-2/h4-6,9,12-13H,3,7H2,1-2H3. The van der Waals surface area contributed by atoms with Crippen LogP contribution in [0.1, 0.15) is 13.3 Å². The van der Waals surface area contributed by atoms with Crippen molar-refractivity contribution in [3.8, 4) is 11.5 Å². The highest BCUT2D eigenvalue weighted by Gasteiger charge is 2.43. The summed E-state index contributed by atoms with van der Waals surface area (Å²) >= 11 is 6.07. The summed E-state index contributed by atoms with van der Waals surface area (Å²) < 4.78 is 16.4. The summed E-state index contributed by atoms with van der Waals surface area (Å²) in [6.45, 7) is 2.42. The molecule has 0 amide bonds. The normalized spacial score (nSPS) is 24.9. The summed E-state index contributed by atoms with van der Waals surface area (Å²) in [6, 6.07) is 4.24. The van der Waals surface area contributed by atoms with E-state index in [0.717, 1.165) is 0 Å². The van der Waals surface area contributed by atoms with Crippen LogP contribution in [-0.2, 0) is 4.74 Å². The van der Waals surface area contributed by atoms with E-state index in [4.69, 9.17) is 25.8 Å². The second-order valence-electron chi connectivity index (χ2n) is 4.42. The lowest BCUT2D eigenvalue weighted by molar-refractivity contribution is -0.385. The monoisotopic (exact) mass is 301 g/mol. The van der Waals surface area contributed by atoms with Crippen LogP contribution < -0.4 is 9.47 Å². The quantitative estimate of drug-likeness (QED) is 0.459. The largest absolute Gasteiger partial charge is 0.493 e. The van der Waals surface area contributed by atoms with Gasteiger partial charge in [0.05, 0.1) is 23.5 Å². The zero-order valence-electron chi connectivity index (χ0n) is 11.2. The first kappa shape index (κ1) is 14.9. The minimum absolute atomic E-state index is 0.0458. The van der Waals surface area contributed by atoms with Crippen LogP contribution in [0.2, 0.25) is 0 Å². The fraction of sp³-hybridized carbons (Fsp3) is 0.538. The molecule has 1 aliphatic rings. The maximum atomic E-state index is 10.8. The highest BCUT2D eigenvalue weighted by atomic mass is 35.5. The van der Waals surface area contributed by atoms with Gasteiger partial charge in [0.2, 0.25) is 0 Å². The molecule has 7 heteroatoms. The molecule has 1 aromatic rings. The molecule has 2 rings (SSSR count). The summed E-state index contributed by atoms with van der Waals surface area (Å²) in [5.41, 5.74) is -0.0458. The van der Waals surface area contributed by atoms with Crippen molar-refractivity contribution in [1.82, 2.24) is 0 Å². The number of halogens is 1. The Morgan fingerprint density at radius 2 is 2.20 bits per heavy atom. The third kappa shape index (κ3) is 2.96. The number of benzene rings is 1. The van der Waals surface area contributed by atoms with E-state index in [2.05, 4.69) is 0 Å². The van der Waals surface area contributed by atoms with Crippen molar-refractivity contribution in [2.75, 3.05) is 13.7 Å². The lowest BCUT2D eigenvalue weighted by atomic mass is 9.91. The minimum Gasteiger partial charge on any atom is -0.493 e. The molecule has 0 saturated heterocycles. The van der Waals surface area contributed by atoms with Crippen molar-refractivity contribution in [2.24, 2.45) is 0 Å². The van der Waals surface area contributed by atoms with Crippen molar-refractivity contribution in [3.05, 3.63) is 28.3 Å². The molecule has 0 spiro atoms. The van der Waals surface area contributed by atoms with Gasteiger partial charge in [-0.15, -0.1) is 11.6 Å². The molecule has 0 N–H and O–H groups in total. The Morgan fingerprint density at radius 1 is 1.45 bits per heavy atom. The minimum atomic E-state index is -0.475. The van der Waals surface area contributed by atoms with Crippen LogP contribution >= 0.6 is 11.6 Å². The number of methoxy groups -OCH3 is 1. The molecule has 110 valence electrons. The van der Waals surface area contributed by atoms with Crippen molar-refractivity contribution in [2.45, 2.75) is 30.9 Å². The first-order valence-electron chi connectivity index (χ1n) is 6.31. The molecule has 0 heterocycles. The van der Waals surface area contributed by atoms with Crippen LogP contribution in [-0.4, -0.2) is 36.2 Å². The molecule has 3 atom stereocenters. The van der Waals surface area contributed by atoms with E-state index in [-0.39, 0.29) is 23.3 Å². The van der Waals surface area contributed by atoms with Gasteiger partial charge in [-0.2, -0.15) is 0 Å². The Kier molecular flexibility index (Phi) is 4.67. The SMILES string of the molecule is CCOC1C(Cl)CC1Oc1cc([N+](=O)[O-])ccc1OC. The fourth-order valence-corrected chi connectivity index (χ4v) is 2.49. The number of ether oxygens (including phenoxy) is 3. The summed E-state index contributed by atoms with van der Waals surface area (Å²) in [6.07, 6.45) is 0.219. The van der Waals surface area contributed by atoms with Crippen LogP contribution in [0.4, 0.5) is 5.69 Å². The highest BCUT2D eigenvalue weighted by Crippen LogP contribution is 2.37. The molecule has 1 fully saturated rings. The van der Waals surface area contributed by atoms with Gasteiger partial charge < -0.3 is 14.2 Å². The molecule has 20 heavy (non-hydrogen) atoms. The number of non-ortho nitro benzene ring substituents is 1. The van der Waals surface area contributed by atoms with E-state index in [0.29, 0.717) is 24.5 Å². The van der Waals surface area contributed by atoms with E-state index in [1.807, 2.05) is 6.92 Å². The van der Waals surface area contributed by atoms with Crippen LogP contribution in [0.25, 0.3) is 0 Å². The average molecular weight is 302 g/mol. The van der Waals surface area contributed by atoms with Crippen molar-refractivity contribution < 1.29 is 19.1 Å². The number of nitro groups is 1. The van der Waals surface area contributed by atoms with E-state index in [9.17, 15) is 10.1 Å². The van der Waals surface area contributed by atoms with Crippen LogP contribution in [0, 0.1) is 10.1 Å². The maximum Gasteiger partial charge on any atom is 0.273 e. The molecule has 1 saturated carbocycles. The Morgan fingerprint density at radius 3 is 2.75 bits per heavy atom. The van der Waals surface area contributed by atoms with E-state index < -0.39 is 4.92 Å². The van der Waals surface area contributed by atoms with E-state index in [1.54, 1.807) is 0 Å². The number of alkyl halides is 1. The second-order valence-corrected chi connectivity index (χ2v) is 4.98. The van der Waals surface area contributed by atoms with Gasteiger partial charge in [-0.3, -0.25) is 10.1 Å². The molecule has 1 aromatic carbocycles. The Hall–Kier alpha value is -1.53. The number of hydrogen-bond donors (Lipinski definition) is 0. The Balaban J connectivity index is 2.15. The van der Waals surface area contributed by atoms with Crippen LogP contribution in [0.5, 0.6) is 11.5 Å². The van der Waals surface area contributed by atoms with Gasteiger partial charge in [0.1, 0.15) is 12.2 Å². The van der Waals surface area contributed by atoms with E-state index in [1.165, 1.54) is 25.3 Å². The highest BCUT2D eigenvalue weighted by molar-refractivity contribution is 6.21. The van der Waals surface area contributed by atoms with Gasteiger partial charge in [-0.25, -0.2) is 0 Å². The topological polar surface area (TPSA) is 70.8 Å². The Labute approximate surface area is 121 Å². The average Bonchev–Trinajstić information content (AvgIpc) is 2.44. The summed E-state index contributed by atoms with van der Waals surface area (Å²) in [5, 5.41) is 10.7. The third-order valence-corrected chi connectivity index (χ3v) is 3.60. The number of nitrogens with zero attached hydrogens (tertiary/aromatic N) is 1. The summed E-state index contributed by atoms with van der Waals surface area (Å²) in [4.78, 5) is 10.3. The number of rotatable bonds is 6. The first-order valence-corrected chi connectivity index (χ1v) is 6.75. The maximum absolute atomic E-state index is 10.8. The molecule has 0 radical (unpaired) electrons. The third-order valence-electron chi connectivity index (χ3n) is 3.18. The zero-order valence-corrected chi connectivity index (χ0v) is 12.0. The van der Waals surface area contributed by atoms with Crippen molar-refractivity contribution >= 4 is 17.3 Å². The first-order chi connectivity index (χ1) is 9.56. The zero-order chi connectivity index (χ0) is 14.7.